The molecule has 0 bridgehead atoms. The van der Waals surface area contributed by atoms with E-state index >= 15 is 0 Å². The van der Waals surface area contributed by atoms with Gasteiger partial charge in [0.05, 0.1) is 0 Å². The van der Waals surface area contributed by atoms with Crippen molar-refractivity contribution in [1.29, 1.82) is 0 Å². The molecule has 3 rings (SSSR count). The summed E-state index contributed by atoms with van der Waals surface area (Å²) in [6.45, 7) is 0. The Morgan fingerprint density at radius 3 is 2.55 bits per heavy atom. The Hall–Kier alpha value is -1.29. The summed E-state index contributed by atoms with van der Waals surface area (Å²) in [6.07, 6.45) is 0.169. The van der Waals surface area contributed by atoms with Gasteiger partial charge in [-0.1, -0.05) is 35.3 Å². The molecule has 0 amide bonds. The zero-order chi connectivity index (χ0) is 14.3. The van der Waals surface area contributed by atoms with Crippen molar-refractivity contribution in [3.8, 4) is 5.75 Å². The topological polar surface area (TPSA) is 35.2 Å². The fourth-order valence-electron chi connectivity index (χ4n) is 2.47. The van der Waals surface area contributed by atoms with Gasteiger partial charge in [-0.2, -0.15) is 0 Å². The lowest BCUT2D eigenvalue weighted by Crippen LogP contribution is -2.24. The van der Waals surface area contributed by atoms with E-state index in [0.29, 0.717) is 27.8 Å². The van der Waals surface area contributed by atoms with Crippen LogP contribution in [-0.2, 0) is 0 Å². The van der Waals surface area contributed by atoms with Crippen LogP contribution in [0.5, 0.6) is 5.75 Å². The zero-order valence-electron chi connectivity index (χ0n) is 10.4. The number of benzene rings is 2. The van der Waals surface area contributed by atoms with E-state index in [0.717, 1.165) is 5.56 Å². The van der Waals surface area contributed by atoms with Crippen LogP contribution in [0, 0.1) is 5.82 Å². The van der Waals surface area contributed by atoms with E-state index in [1.807, 2.05) is 0 Å². The van der Waals surface area contributed by atoms with Crippen molar-refractivity contribution in [3.63, 3.8) is 0 Å². The van der Waals surface area contributed by atoms with Gasteiger partial charge in [0, 0.05) is 39.7 Å². The second-order valence-electron chi connectivity index (χ2n) is 4.77. The Morgan fingerprint density at radius 2 is 1.85 bits per heavy atom. The van der Waals surface area contributed by atoms with Gasteiger partial charge in [0.1, 0.15) is 17.7 Å². The van der Waals surface area contributed by atoms with Crippen molar-refractivity contribution in [3.05, 3.63) is 63.4 Å². The smallest absolute Gasteiger partial charge is 0.128 e. The van der Waals surface area contributed by atoms with Gasteiger partial charge in [-0.05, 0) is 18.2 Å². The summed E-state index contributed by atoms with van der Waals surface area (Å²) < 4.78 is 19.2. The van der Waals surface area contributed by atoms with E-state index < -0.39 is 0 Å². The first kappa shape index (κ1) is 13.7. The second-order valence-corrected chi connectivity index (χ2v) is 5.58. The highest BCUT2D eigenvalue weighted by atomic mass is 35.5. The molecule has 2 nitrogen and oxygen atoms in total. The normalized spacial score (nSPS) is 21.2. The monoisotopic (exact) mass is 311 g/mol. The Bertz CT molecular complexity index is 642. The van der Waals surface area contributed by atoms with Gasteiger partial charge in [-0.3, -0.25) is 0 Å². The average molecular weight is 312 g/mol. The number of hydrogen-bond donors (Lipinski definition) is 1. The fourth-order valence-corrected chi connectivity index (χ4v) is 3.11. The van der Waals surface area contributed by atoms with E-state index in [1.165, 1.54) is 12.1 Å². The first-order chi connectivity index (χ1) is 9.56. The second kappa shape index (κ2) is 5.24. The number of nitrogens with two attached hydrogens (primary N) is 1. The standard InChI is InChI=1S/C15H12Cl2FNO/c16-10-2-1-3-11(17)15(10)14-7-12(19)9-5-4-8(18)6-13(9)20-14/h1-6,12,14H,7,19H2/t12-,14?/m1/s1. The van der Waals surface area contributed by atoms with E-state index in [9.17, 15) is 4.39 Å². The van der Waals surface area contributed by atoms with E-state index in [4.69, 9.17) is 33.7 Å². The third kappa shape index (κ3) is 2.37. The number of fused-ring (bicyclic) bond motifs is 1. The van der Waals surface area contributed by atoms with Crippen LogP contribution in [0.1, 0.15) is 29.7 Å². The maximum Gasteiger partial charge on any atom is 0.128 e. The summed E-state index contributed by atoms with van der Waals surface area (Å²) in [5, 5.41) is 1.05. The Balaban J connectivity index is 2.03. The summed E-state index contributed by atoms with van der Waals surface area (Å²) in [6, 6.07) is 9.40. The van der Waals surface area contributed by atoms with Crippen LogP contribution in [0.25, 0.3) is 0 Å². The van der Waals surface area contributed by atoms with Crippen LogP contribution < -0.4 is 10.5 Å². The van der Waals surface area contributed by atoms with Crippen LogP contribution in [-0.4, -0.2) is 0 Å². The summed E-state index contributed by atoms with van der Waals surface area (Å²) in [4.78, 5) is 0. The number of halogens is 3. The molecule has 0 aliphatic carbocycles. The summed E-state index contributed by atoms with van der Waals surface area (Å²) >= 11 is 12.4. The predicted molar refractivity (Wildman–Crippen MR) is 77.8 cm³/mol. The molecule has 1 heterocycles. The molecule has 0 fully saturated rings. The lowest BCUT2D eigenvalue weighted by molar-refractivity contribution is 0.161. The first-order valence-corrected chi connectivity index (χ1v) is 6.97. The van der Waals surface area contributed by atoms with E-state index in [1.54, 1.807) is 24.3 Å². The zero-order valence-corrected chi connectivity index (χ0v) is 12.0. The molecule has 0 saturated heterocycles. The van der Waals surface area contributed by atoms with Crippen molar-refractivity contribution in [2.45, 2.75) is 18.6 Å². The molecule has 0 spiro atoms. The highest BCUT2D eigenvalue weighted by Gasteiger charge is 2.30. The van der Waals surface area contributed by atoms with Gasteiger partial charge < -0.3 is 10.5 Å². The molecule has 5 heteroatoms. The maximum atomic E-state index is 13.3. The van der Waals surface area contributed by atoms with Crippen LogP contribution in [0.4, 0.5) is 4.39 Å². The molecule has 2 aromatic carbocycles. The number of hydrogen-bond acceptors (Lipinski definition) is 2. The van der Waals surface area contributed by atoms with Crippen molar-refractivity contribution in [1.82, 2.24) is 0 Å². The third-order valence-electron chi connectivity index (χ3n) is 3.43. The van der Waals surface area contributed by atoms with Gasteiger partial charge in [0.2, 0.25) is 0 Å². The van der Waals surface area contributed by atoms with Crippen molar-refractivity contribution < 1.29 is 9.13 Å². The van der Waals surface area contributed by atoms with Crippen molar-refractivity contribution in [2.75, 3.05) is 0 Å². The summed E-state index contributed by atoms with van der Waals surface area (Å²) in [5.41, 5.74) is 7.63. The molecule has 0 radical (unpaired) electrons. The third-order valence-corrected chi connectivity index (χ3v) is 4.09. The largest absolute Gasteiger partial charge is 0.485 e. The summed E-state index contributed by atoms with van der Waals surface area (Å²) in [5.74, 6) is 0.0894. The minimum absolute atomic E-state index is 0.239. The van der Waals surface area contributed by atoms with Gasteiger partial charge >= 0.3 is 0 Å². The maximum absolute atomic E-state index is 13.3. The summed E-state index contributed by atoms with van der Waals surface area (Å²) in [7, 11) is 0. The highest BCUT2D eigenvalue weighted by Crippen LogP contribution is 2.43. The Labute approximate surface area is 126 Å². The number of rotatable bonds is 1. The van der Waals surface area contributed by atoms with Crippen molar-refractivity contribution in [2.24, 2.45) is 5.73 Å². The Kier molecular flexibility index (Phi) is 3.59. The molecule has 2 N–H and O–H groups in total. The molecule has 2 aromatic rings. The lowest BCUT2D eigenvalue weighted by atomic mass is 9.93. The molecule has 0 aromatic heterocycles. The number of ether oxygens (including phenoxy) is 1. The Morgan fingerprint density at radius 1 is 1.15 bits per heavy atom. The molecule has 1 aliphatic heterocycles. The minimum Gasteiger partial charge on any atom is -0.485 e. The van der Waals surface area contributed by atoms with Gasteiger partial charge in [-0.25, -0.2) is 4.39 Å². The predicted octanol–water partition coefficient (Wildman–Crippen LogP) is 4.66. The first-order valence-electron chi connectivity index (χ1n) is 6.22. The molecule has 2 atom stereocenters. The lowest BCUT2D eigenvalue weighted by Gasteiger charge is -2.31. The van der Waals surface area contributed by atoms with Crippen LogP contribution in [0.2, 0.25) is 10.0 Å². The average Bonchev–Trinajstić information content (AvgIpc) is 2.38. The molecule has 104 valence electrons. The van der Waals surface area contributed by atoms with Gasteiger partial charge in [0.25, 0.3) is 0 Å². The van der Waals surface area contributed by atoms with E-state index in [2.05, 4.69) is 0 Å². The van der Waals surface area contributed by atoms with Crippen LogP contribution in [0.15, 0.2) is 36.4 Å². The van der Waals surface area contributed by atoms with Crippen LogP contribution in [0.3, 0.4) is 0 Å². The van der Waals surface area contributed by atoms with E-state index in [-0.39, 0.29) is 18.0 Å². The highest BCUT2D eigenvalue weighted by molar-refractivity contribution is 6.36. The van der Waals surface area contributed by atoms with Crippen LogP contribution >= 0.6 is 23.2 Å². The molecule has 1 aliphatic rings. The molecular formula is C15H12Cl2FNO. The molecule has 0 saturated carbocycles. The SMILES string of the molecule is N[C@@H]1CC(c2c(Cl)cccc2Cl)Oc2cc(F)ccc21. The van der Waals surface area contributed by atoms with Gasteiger partial charge in [0.15, 0.2) is 0 Å². The quantitative estimate of drug-likeness (QED) is 0.831. The van der Waals surface area contributed by atoms with Crippen molar-refractivity contribution >= 4 is 23.2 Å². The molecular weight excluding hydrogens is 300 g/mol. The van der Waals surface area contributed by atoms with Gasteiger partial charge in [-0.15, -0.1) is 0 Å². The minimum atomic E-state index is -0.375. The molecule has 20 heavy (non-hydrogen) atoms. The fraction of sp³-hybridized carbons (Fsp3) is 0.200. The molecule has 1 unspecified atom stereocenters.